The maximum absolute atomic E-state index is 12.1. The number of rotatable bonds is 6. The Labute approximate surface area is 128 Å². The number of pyridine rings is 1. The molecule has 1 saturated carbocycles. The number of esters is 1. The van der Waals surface area contributed by atoms with Gasteiger partial charge in [-0.25, -0.2) is 4.98 Å². The molecule has 1 fully saturated rings. The summed E-state index contributed by atoms with van der Waals surface area (Å²) in [4.78, 5) is 15.8. The Morgan fingerprint density at radius 3 is 2.59 bits per heavy atom. The van der Waals surface area contributed by atoms with Crippen molar-refractivity contribution in [2.75, 3.05) is 0 Å². The first-order chi connectivity index (χ1) is 10.6. The van der Waals surface area contributed by atoms with Gasteiger partial charge < -0.3 is 9.47 Å². The van der Waals surface area contributed by atoms with E-state index in [-0.39, 0.29) is 23.5 Å². The zero-order valence-electron chi connectivity index (χ0n) is 12.6. The molecule has 2 rings (SSSR count). The molecule has 0 aliphatic heterocycles. The molecule has 22 heavy (non-hydrogen) atoms. The van der Waals surface area contributed by atoms with Crippen LogP contribution in [-0.4, -0.2) is 17.6 Å². The molecule has 0 saturated heterocycles. The number of hydrogen-bond acceptors (Lipinski definition) is 4. The summed E-state index contributed by atoms with van der Waals surface area (Å²) in [5.74, 6) is 0.433. The first kappa shape index (κ1) is 16.6. The summed E-state index contributed by atoms with van der Waals surface area (Å²) in [5, 5.41) is 0. The third-order valence-corrected chi connectivity index (χ3v) is 4.01. The minimum Gasteiger partial charge on any atom is -0.425 e. The summed E-state index contributed by atoms with van der Waals surface area (Å²) >= 11 is 0. The third-order valence-electron chi connectivity index (χ3n) is 4.01. The van der Waals surface area contributed by atoms with Gasteiger partial charge in [0.25, 0.3) is 0 Å². The second kappa shape index (κ2) is 8.06. The molecule has 4 nitrogen and oxygen atoms in total. The quantitative estimate of drug-likeness (QED) is 0.739. The van der Waals surface area contributed by atoms with E-state index < -0.39 is 6.61 Å². The summed E-state index contributed by atoms with van der Waals surface area (Å²) in [6, 6.07) is 2.66. The molecule has 1 aromatic heterocycles. The van der Waals surface area contributed by atoms with Gasteiger partial charge in [0.05, 0.1) is 12.1 Å². The van der Waals surface area contributed by atoms with Gasteiger partial charge in [-0.3, -0.25) is 4.79 Å². The molecule has 0 spiro atoms. The van der Waals surface area contributed by atoms with Crippen molar-refractivity contribution in [3.8, 4) is 11.6 Å². The first-order valence-corrected chi connectivity index (χ1v) is 7.71. The maximum Gasteiger partial charge on any atom is 0.388 e. The average Bonchev–Trinajstić information content (AvgIpc) is 2.50. The monoisotopic (exact) mass is 313 g/mol. The van der Waals surface area contributed by atoms with E-state index in [1.54, 1.807) is 0 Å². The number of hydrogen-bond donors (Lipinski definition) is 0. The van der Waals surface area contributed by atoms with Crippen molar-refractivity contribution in [1.82, 2.24) is 4.98 Å². The molecular weight excluding hydrogens is 292 g/mol. The van der Waals surface area contributed by atoms with Gasteiger partial charge >= 0.3 is 12.6 Å². The van der Waals surface area contributed by atoms with E-state index in [0.717, 1.165) is 31.6 Å². The van der Waals surface area contributed by atoms with Crippen LogP contribution >= 0.6 is 0 Å². The Morgan fingerprint density at radius 2 is 2.05 bits per heavy atom. The predicted octanol–water partition coefficient (Wildman–Crippen LogP) is 4.19. The molecule has 0 bridgehead atoms. The van der Waals surface area contributed by atoms with E-state index in [1.165, 1.54) is 31.2 Å². The number of halogens is 2. The van der Waals surface area contributed by atoms with Crippen LogP contribution in [0.1, 0.15) is 45.4 Å². The van der Waals surface area contributed by atoms with Crippen molar-refractivity contribution in [1.29, 1.82) is 0 Å². The first-order valence-electron chi connectivity index (χ1n) is 7.71. The van der Waals surface area contributed by atoms with Crippen LogP contribution in [0.2, 0.25) is 0 Å². The highest BCUT2D eigenvalue weighted by atomic mass is 19.3. The Bertz CT molecular complexity index is 471. The average molecular weight is 313 g/mol. The number of alkyl halides is 2. The summed E-state index contributed by atoms with van der Waals surface area (Å²) in [7, 11) is 0. The molecule has 0 unspecified atom stereocenters. The van der Waals surface area contributed by atoms with Crippen LogP contribution in [0.4, 0.5) is 8.78 Å². The fourth-order valence-electron chi connectivity index (χ4n) is 2.88. The van der Waals surface area contributed by atoms with Gasteiger partial charge in [-0.2, -0.15) is 8.78 Å². The summed E-state index contributed by atoms with van der Waals surface area (Å²) in [6.07, 6.45) is 7.45. The van der Waals surface area contributed by atoms with E-state index in [2.05, 4.69) is 16.6 Å². The molecule has 1 heterocycles. The molecule has 0 atom stereocenters. The van der Waals surface area contributed by atoms with Crippen LogP contribution in [0.25, 0.3) is 0 Å². The number of carbonyl (C=O) groups is 1. The Balaban J connectivity index is 1.82. The zero-order valence-corrected chi connectivity index (χ0v) is 12.6. The third kappa shape index (κ3) is 4.93. The molecular formula is C16H21F2NO3. The van der Waals surface area contributed by atoms with Gasteiger partial charge in [-0.1, -0.05) is 19.8 Å². The van der Waals surface area contributed by atoms with Gasteiger partial charge in [-0.05, 0) is 37.7 Å². The normalized spacial score (nSPS) is 21.6. The second-order valence-corrected chi connectivity index (χ2v) is 5.64. The molecule has 122 valence electrons. The Hall–Kier alpha value is -1.72. The fraction of sp³-hybridized carbons (Fsp3) is 0.625. The van der Waals surface area contributed by atoms with Crippen molar-refractivity contribution in [3.63, 3.8) is 0 Å². The fourth-order valence-corrected chi connectivity index (χ4v) is 2.88. The van der Waals surface area contributed by atoms with Crippen molar-refractivity contribution in [2.45, 2.75) is 52.1 Å². The minimum absolute atomic E-state index is 0.0786. The predicted molar refractivity (Wildman–Crippen MR) is 76.9 cm³/mol. The van der Waals surface area contributed by atoms with E-state index in [9.17, 15) is 13.6 Å². The van der Waals surface area contributed by atoms with E-state index in [1.807, 2.05) is 0 Å². The Morgan fingerprint density at radius 1 is 1.32 bits per heavy atom. The van der Waals surface area contributed by atoms with Crippen LogP contribution in [-0.2, 0) is 4.79 Å². The lowest BCUT2D eigenvalue weighted by atomic mass is 9.80. The zero-order chi connectivity index (χ0) is 15.9. The smallest absolute Gasteiger partial charge is 0.388 e. The lowest BCUT2D eigenvalue weighted by molar-refractivity contribution is -0.140. The largest absolute Gasteiger partial charge is 0.425 e. The summed E-state index contributed by atoms with van der Waals surface area (Å²) in [5.41, 5.74) is 0. The summed E-state index contributed by atoms with van der Waals surface area (Å²) in [6.45, 7) is -0.742. The molecule has 0 N–H and O–H groups in total. The van der Waals surface area contributed by atoms with Gasteiger partial charge in [0.15, 0.2) is 0 Å². The molecule has 1 aliphatic rings. The molecule has 6 heteroatoms. The highest BCUT2D eigenvalue weighted by Crippen LogP contribution is 2.32. The summed E-state index contributed by atoms with van der Waals surface area (Å²) < 4.78 is 33.4. The van der Waals surface area contributed by atoms with Crippen LogP contribution in [0.5, 0.6) is 11.6 Å². The van der Waals surface area contributed by atoms with Crippen molar-refractivity contribution >= 4 is 5.97 Å². The molecule has 0 amide bonds. The van der Waals surface area contributed by atoms with Crippen molar-refractivity contribution < 1.29 is 23.0 Å². The topological polar surface area (TPSA) is 48.4 Å². The van der Waals surface area contributed by atoms with E-state index in [4.69, 9.17) is 4.74 Å². The molecule has 0 radical (unpaired) electrons. The SMILES string of the molecule is CCC[C@H]1CC[C@H](C(=O)Oc2ccc(OC(F)F)nc2)CC1. The Kier molecular flexibility index (Phi) is 6.10. The molecule has 1 aliphatic carbocycles. The second-order valence-electron chi connectivity index (χ2n) is 5.64. The van der Waals surface area contributed by atoms with Crippen molar-refractivity contribution in [3.05, 3.63) is 18.3 Å². The highest BCUT2D eigenvalue weighted by molar-refractivity contribution is 5.75. The van der Waals surface area contributed by atoms with Crippen molar-refractivity contribution in [2.24, 2.45) is 11.8 Å². The van der Waals surface area contributed by atoms with Crippen LogP contribution in [0.3, 0.4) is 0 Å². The lowest BCUT2D eigenvalue weighted by Gasteiger charge is -2.26. The van der Waals surface area contributed by atoms with Crippen LogP contribution in [0, 0.1) is 11.8 Å². The standard InChI is InChI=1S/C16H21F2NO3/c1-2-3-11-4-6-12(7-5-11)15(20)21-13-8-9-14(19-10-13)22-16(17)18/h8-12,16H,2-7H2,1H3/t11-,12-. The van der Waals surface area contributed by atoms with Crippen LogP contribution < -0.4 is 9.47 Å². The number of aromatic nitrogens is 1. The number of carbonyl (C=O) groups excluding carboxylic acids is 1. The van der Waals surface area contributed by atoms with E-state index >= 15 is 0 Å². The highest BCUT2D eigenvalue weighted by Gasteiger charge is 2.27. The molecule has 1 aromatic rings. The van der Waals surface area contributed by atoms with Gasteiger partial charge in [-0.15, -0.1) is 0 Å². The van der Waals surface area contributed by atoms with E-state index in [0.29, 0.717) is 0 Å². The maximum atomic E-state index is 12.1. The van der Waals surface area contributed by atoms with Crippen LogP contribution in [0.15, 0.2) is 18.3 Å². The van der Waals surface area contributed by atoms with Gasteiger partial charge in [0, 0.05) is 6.07 Å². The minimum atomic E-state index is -2.92. The van der Waals surface area contributed by atoms with Gasteiger partial charge in [0.1, 0.15) is 5.75 Å². The number of nitrogens with zero attached hydrogens (tertiary/aromatic N) is 1. The lowest BCUT2D eigenvalue weighted by Crippen LogP contribution is -2.25. The molecule has 0 aromatic carbocycles. The van der Waals surface area contributed by atoms with Gasteiger partial charge in [0.2, 0.25) is 5.88 Å². The number of ether oxygens (including phenoxy) is 2.